The smallest absolute Gasteiger partial charge is 0.410 e. The fourth-order valence-electron chi connectivity index (χ4n) is 4.53. The number of ether oxygens (including phenoxy) is 1. The Morgan fingerprint density at radius 3 is 2.58 bits per heavy atom. The van der Waals surface area contributed by atoms with Gasteiger partial charge in [-0.05, 0) is 52.0 Å². The number of fused-ring (bicyclic) bond motifs is 1. The predicted octanol–water partition coefficient (Wildman–Crippen LogP) is 5.26. The minimum atomic E-state index is -0.715. The van der Waals surface area contributed by atoms with E-state index >= 15 is 0 Å². The fraction of sp³-hybridized carbons (Fsp3) is 0.500. The summed E-state index contributed by atoms with van der Waals surface area (Å²) in [5.41, 5.74) is 0.255. The summed E-state index contributed by atoms with van der Waals surface area (Å²) in [5, 5.41) is 0.000891. The van der Waals surface area contributed by atoms with E-state index in [-0.39, 0.29) is 22.8 Å². The molecule has 1 fully saturated rings. The minimum Gasteiger partial charge on any atom is -0.444 e. The Balaban J connectivity index is 1.86. The molecule has 0 radical (unpaired) electrons. The quantitative estimate of drug-likeness (QED) is 0.314. The van der Waals surface area contributed by atoms with Gasteiger partial charge in [-0.3, -0.25) is 4.98 Å². The highest BCUT2D eigenvalue weighted by Crippen LogP contribution is 2.34. The van der Waals surface area contributed by atoms with E-state index in [2.05, 4.69) is 15.0 Å². The van der Waals surface area contributed by atoms with Gasteiger partial charge in [0, 0.05) is 36.8 Å². The number of carbonyl (C=O) groups excluding carboxylic acids is 1. The molecular formula is C26H32ClFN6O3S. The van der Waals surface area contributed by atoms with Crippen LogP contribution in [0.3, 0.4) is 0 Å². The molecule has 9 nitrogen and oxygen atoms in total. The van der Waals surface area contributed by atoms with Crippen molar-refractivity contribution in [2.24, 2.45) is 0 Å². The van der Waals surface area contributed by atoms with Crippen LogP contribution in [0, 0.1) is 5.82 Å². The molecule has 38 heavy (non-hydrogen) atoms. The van der Waals surface area contributed by atoms with Crippen LogP contribution in [-0.2, 0) is 4.74 Å². The molecular weight excluding hydrogens is 531 g/mol. The first-order valence-electron chi connectivity index (χ1n) is 12.4. The van der Waals surface area contributed by atoms with Crippen LogP contribution in [0.1, 0.15) is 53.2 Å². The molecule has 1 aliphatic heterocycles. The number of hydrogen-bond donors (Lipinski definition) is 0. The molecule has 0 aromatic carbocycles. The van der Waals surface area contributed by atoms with E-state index in [9.17, 15) is 14.0 Å². The van der Waals surface area contributed by atoms with Gasteiger partial charge in [-0.1, -0.05) is 25.4 Å². The SMILES string of the molecule is CSc1ccnc(C(C)C)c1-n1c(=O)nc(N2CCN(C(=O)OC(C)(C)C)C[C@@H]2C)c2cc(F)c(Cl)nc21. The summed E-state index contributed by atoms with van der Waals surface area (Å²) in [4.78, 5) is 43.9. The fourth-order valence-corrected chi connectivity index (χ4v) is 5.25. The van der Waals surface area contributed by atoms with E-state index in [0.717, 1.165) is 4.90 Å². The third-order valence-corrected chi connectivity index (χ3v) is 7.25. The normalized spacial score (nSPS) is 16.4. The van der Waals surface area contributed by atoms with Gasteiger partial charge in [0.25, 0.3) is 0 Å². The predicted molar refractivity (Wildman–Crippen MR) is 148 cm³/mol. The topological polar surface area (TPSA) is 93.5 Å². The lowest BCUT2D eigenvalue weighted by atomic mass is 10.1. The van der Waals surface area contributed by atoms with E-state index in [1.165, 1.54) is 22.4 Å². The van der Waals surface area contributed by atoms with Crippen LogP contribution in [0.4, 0.5) is 15.0 Å². The molecule has 3 aromatic rings. The average molecular weight is 563 g/mol. The van der Waals surface area contributed by atoms with Gasteiger partial charge in [-0.2, -0.15) is 4.98 Å². The average Bonchev–Trinajstić information content (AvgIpc) is 2.83. The molecule has 4 rings (SSSR count). The van der Waals surface area contributed by atoms with Crippen molar-refractivity contribution in [3.8, 4) is 5.69 Å². The lowest BCUT2D eigenvalue weighted by molar-refractivity contribution is 0.0218. The molecule has 0 saturated carbocycles. The standard InChI is InChI=1S/C26H32ClFN6O3S/c1-14(2)19-20(18(38-7)8-9-29-19)34-23-16(12-17(28)21(27)30-23)22(31-24(34)35)33-11-10-32(13-15(33)3)25(36)37-26(4,5)6/h8-9,12,14-15H,10-11,13H2,1-7H3/t15-/m0/s1. The van der Waals surface area contributed by atoms with Crippen molar-refractivity contribution in [1.82, 2.24) is 24.4 Å². The first-order chi connectivity index (χ1) is 17.8. The Labute approximate surface area is 230 Å². The summed E-state index contributed by atoms with van der Waals surface area (Å²) in [6.45, 7) is 12.4. The summed E-state index contributed by atoms with van der Waals surface area (Å²) in [5.74, 6) is -0.426. The Bertz CT molecular complexity index is 1440. The van der Waals surface area contributed by atoms with E-state index < -0.39 is 23.2 Å². The van der Waals surface area contributed by atoms with Crippen LogP contribution in [0.25, 0.3) is 16.7 Å². The van der Waals surface area contributed by atoms with Gasteiger partial charge in [-0.15, -0.1) is 11.8 Å². The van der Waals surface area contributed by atoms with E-state index in [4.69, 9.17) is 16.3 Å². The summed E-state index contributed by atoms with van der Waals surface area (Å²) >= 11 is 7.60. The molecule has 3 aromatic heterocycles. The second-order valence-electron chi connectivity index (χ2n) is 10.6. The second-order valence-corrected chi connectivity index (χ2v) is 11.8. The van der Waals surface area contributed by atoms with E-state index in [1.807, 2.05) is 58.8 Å². The van der Waals surface area contributed by atoms with E-state index in [0.29, 0.717) is 42.2 Å². The molecule has 1 saturated heterocycles. The summed E-state index contributed by atoms with van der Waals surface area (Å²) in [6, 6.07) is 2.86. The molecule has 204 valence electrons. The number of halogens is 2. The van der Waals surface area contributed by atoms with Crippen LogP contribution in [0.2, 0.25) is 5.15 Å². The van der Waals surface area contributed by atoms with Crippen LogP contribution in [-0.4, -0.2) is 68.0 Å². The molecule has 0 bridgehead atoms. The number of carbonyl (C=O) groups is 1. The molecule has 0 spiro atoms. The number of amides is 1. The minimum absolute atomic E-state index is 0.00407. The maximum absolute atomic E-state index is 14.8. The molecule has 1 amide bonds. The number of piperazine rings is 1. The largest absolute Gasteiger partial charge is 0.444 e. The van der Waals surface area contributed by atoms with Crippen LogP contribution >= 0.6 is 23.4 Å². The van der Waals surface area contributed by atoms with Crippen molar-refractivity contribution in [2.45, 2.75) is 64.0 Å². The van der Waals surface area contributed by atoms with Gasteiger partial charge in [-0.25, -0.2) is 23.5 Å². The highest BCUT2D eigenvalue weighted by Gasteiger charge is 2.32. The Morgan fingerprint density at radius 1 is 1.26 bits per heavy atom. The van der Waals surface area contributed by atoms with Crippen LogP contribution in [0.5, 0.6) is 0 Å². The molecule has 1 atom stereocenters. The first-order valence-corrected chi connectivity index (χ1v) is 14.0. The van der Waals surface area contributed by atoms with Crippen LogP contribution < -0.4 is 10.6 Å². The van der Waals surface area contributed by atoms with Gasteiger partial charge in [0.2, 0.25) is 0 Å². The number of nitrogens with zero attached hydrogens (tertiary/aromatic N) is 6. The number of aromatic nitrogens is 4. The lowest BCUT2D eigenvalue weighted by Gasteiger charge is -2.41. The Hall–Kier alpha value is -2.92. The van der Waals surface area contributed by atoms with Gasteiger partial charge in [0.15, 0.2) is 16.6 Å². The zero-order chi connectivity index (χ0) is 27.9. The first kappa shape index (κ1) is 28.1. The maximum atomic E-state index is 14.8. The number of rotatable bonds is 4. The zero-order valence-electron chi connectivity index (χ0n) is 22.6. The van der Waals surface area contributed by atoms with Crippen molar-refractivity contribution in [1.29, 1.82) is 0 Å². The Kier molecular flexibility index (Phi) is 7.90. The highest BCUT2D eigenvalue weighted by molar-refractivity contribution is 7.98. The third kappa shape index (κ3) is 5.44. The van der Waals surface area contributed by atoms with Crippen molar-refractivity contribution in [2.75, 3.05) is 30.8 Å². The number of hydrogen-bond acceptors (Lipinski definition) is 8. The van der Waals surface area contributed by atoms with Crippen molar-refractivity contribution >= 4 is 46.3 Å². The van der Waals surface area contributed by atoms with Crippen LogP contribution in [0.15, 0.2) is 28.0 Å². The number of anilines is 1. The van der Waals surface area contributed by atoms with Gasteiger partial charge < -0.3 is 14.5 Å². The summed E-state index contributed by atoms with van der Waals surface area (Å²) in [7, 11) is 0. The summed E-state index contributed by atoms with van der Waals surface area (Å²) < 4.78 is 21.7. The van der Waals surface area contributed by atoms with Gasteiger partial charge in [0.05, 0.1) is 16.8 Å². The molecule has 0 aliphatic carbocycles. The zero-order valence-corrected chi connectivity index (χ0v) is 24.2. The Morgan fingerprint density at radius 2 is 1.97 bits per heavy atom. The molecule has 0 N–H and O–H groups in total. The van der Waals surface area contributed by atoms with Crippen molar-refractivity contribution in [3.05, 3.63) is 45.5 Å². The second kappa shape index (κ2) is 10.7. The number of pyridine rings is 2. The third-order valence-electron chi connectivity index (χ3n) is 6.22. The molecule has 1 aliphatic rings. The number of thioether (sulfide) groups is 1. The summed E-state index contributed by atoms with van der Waals surface area (Å²) in [6.07, 6.45) is 3.20. The highest BCUT2D eigenvalue weighted by atomic mass is 35.5. The van der Waals surface area contributed by atoms with Crippen molar-refractivity contribution < 1.29 is 13.9 Å². The van der Waals surface area contributed by atoms with E-state index in [1.54, 1.807) is 11.1 Å². The van der Waals surface area contributed by atoms with Gasteiger partial charge >= 0.3 is 11.8 Å². The lowest BCUT2D eigenvalue weighted by Crippen LogP contribution is -2.55. The van der Waals surface area contributed by atoms with Gasteiger partial charge in [0.1, 0.15) is 11.4 Å². The molecule has 12 heteroatoms. The molecule has 4 heterocycles. The monoisotopic (exact) mass is 562 g/mol. The van der Waals surface area contributed by atoms with Crippen molar-refractivity contribution in [3.63, 3.8) is 0 Å². The maximum Gasteiger partial charge on any atom is 0.410 e. The molecule has 0 unspecified atom stereocenters.